The van der Waals surface area contributed by atoms with Crippen molar-refractivity contribution < 1.29 is 9.53 Å². The number of rotatable bonds is 6. The zero-order chi connectivity index (χ0) is 21.6. The van der Waals surface area contributed by atoms with Gasteiger partial charge in [-0.25, -0.2) is 4.98 Å². The van der Waals surface area contributed by atoms with Crippen molar-refractivity contribution >= 4 is 17.5 Å². The van der Waals surface area contributed by atoms with E-state index in [1.807, 2.05) is 12.1 Å². The number of hydrogen-bond acceptors (Lipinski definition) is 6. The number of nitrogens with one attached hydrogen (secondary N) is 1. The molecule has 0 radical (unpaired) electrons. The van der Waals surface area contributed by atoms with E-state index >= 15 is 0 Å². The minimum atomic E-state index is 0.0105. The first-order valence-electron chi connectivity index (χ1n) is 11.3. The van der Waals surface area contributed by atoms with Gasteiger partial charge in [0, 0.05) is 50.0 Å². The molecule has 7 heteroatoms. The maximum atomic E-state index is 12.8. The summed E-state index contributed by atoms with van der Waals surface area (Å²) in [5.41, 5.74) is 2.18. The Balaban J connectivity index is 1.26. The summed E-state index contributed by atoms with van der Waals surface area (Å²) < 4.78 is 5.18. The molecule has 7 nitrogen and oxygen atoms in total. The zero-order valence-electron chi connectivity index (χ0n) is 18.6. The van der Waals surface area contributed by atoms with E-state index < -0.39 is 0 Å². The van der Waals surface area contributed by atoms with Crippen molar-refractivity contribution in [1.29, 1.82) is 0 Å². The van der Waals surface area contributed by atoms with E-state index in [2.05, 4.69) is 44.1 Å². The van der Waals surface area contributed by atoms with Gasteiger partial charge in [0.25, 0.3) is 0 Å². The van der Waals surface area contributed by atoms with Crippen LogP contribution in [0, 0.1) is 11.8 Å². The molecular formula is C24H33N5O2. The van der Waals surface area contributed by atoms with E-state index in [-0.39, 0.29) is 11.8 Å². The van der Waals surface area contributed by atoms with Crippen LogP contribution in [0.1, 0.15) is 38.2 Å². The van der Waals surface area contributed by atoms with Crippen LogP contribution in [0.5, 0.6) is 5.88 Å². The standard InChI is InChI=1S/C24H33N5O2/c1-18-4-3-13-28(16-18)17-19-5-7-21(8-6-19)26-23(30)20-10-14-29(15-11-20)24-25-12-9-22(27-24)31-2/h5-9,12,18,20H,3-4,10-11,13-17H2,1-2H3,(H,26,30). The second kappa shape index (κ2) is 10.1. The lowest BCUT2D eigenvalue weighted by Crippen LogP contribution is -2.39. The van der Waals surface area contributed by atoms with Gasteiger partial charge in [0.1, 0.15) is 0 Å². The molecule has 1 aromatic carbocycles. The molecule has 2 aromatic rings. The number of benzene rings is 1. The van der Waals surface area contributed by atoms with Crippen molar-refractivity contribution in [2.75, 3.05) is 43.5 Å². The highest BCUT2D eigenvalue weighted by atomic mass is 16.5. The largest absolute Gasteiger partial charge is 0.481 e. The van der Waals surface area contributed by atoms with Crippen LogP contribution in [0.25, 0.3) is 0 Å². The SMILES string of the molecule is COc1ccnc(N2CCC(C(=O)Nc3ccc(CN4CCCC(C)C4)cc3)CC2)n1. The van der Waals surface area contributed by atoms with E-state index in [0.717, 1.165) is 44.1 Å². The van der Waals surface area contributed by atoms with Gasteiger partial charge in [0.2, 0.25) is 17.7 Å². The van der Waals surface area contributed by atoms with Gasteiger partial charge in [-0.2, -0.15) is 4.98 Å². The fourth-order valence-corrected chi connectivity index (χ4v) is 4.57. The van der Waals surface area contributed by atoms with Gasteiger partial charge in [-0.1, -0.05) is 19.1 Å². The number of carbonyl (C=O) groups is 1. The maximum absolute atomic E-state index is 12.8. The highest BCUT2D eigenvalue weighted by Crippen LogP contribution is 2.24. The Kier molecular flexibility index (Phi) is 7.02. The normalized spacial score (nSPS) is 20.5. The molecule has 1 N–H and O–H groups in total. The van der Waals surface area contributed by atoms with Crippen molar-refractivity contribution in [1.82, 2.24) is 14.9 Å². The first kappa shape index (κ1) is 21.6. The Bertz CT molecular complexity index is 865. The first-order valence-corrected chi connectivity index (χ1v) is 11.3. The lowest BCUT2D eigenvalue weighted by atomic mass is 9.96. The summed E-state index contributed by atoms with van der Waals surface area (Å²) >= 11 is 0. The summed E-state index contributed by atoms with van der Waals surface area (Å²) in [4.78, 5) is 26.1. The van der Waals surface area contributed by atoms with E-state index in [9.17, 15) is 4.79 Å². The molecule has 2 fully saturated rings. The Labute approximate surface area is 184 Å². The number of piperidine rings is 2. The van der Waals surface area contributed by atoms with Crippen LogP contribution in [0.15, 0.2) is 36.5 Å². The summed E-state index contributed by atoms with van der Waals surface area (Å²) in [6.07, 6.45) is 5.91. The van der Waals surface area contributed by atoms with Gasteiger partial charge >= 0.3 is 0 Å². The zero-order valence-corrected chi connectivity index (χ0v) is 18.6. The predicted molar refractivity (Wildman–Crippen MR) is 122 cm³/mol. The highest BCUT2D eigenvalue weighted by Gasteiger charge is 2.26. The van der Waals surface area contributed by atoms with Gasteiger partial charge in [-0.05, 0) is 55.8 Å². The molecule has 0 aliphatic carbocycles. The van der Waals surface area contributed by atoms with Crippen LogP contribution in [0.4, 0.5) is 11.6 Å². The molecule has 31 heavy (non-hydrogen) atoms. The minimum absolute atomic E-state index is 0.0105. The summed E-state index contributed by atoms with van der Waals surface area (Å²) in [7, 11) is 1.60. The van der Waals surface area contributed by atoms with E-state index in [1.165, 1.54) is 31.5 Å². The number of likely N-dealkylation sites (tertiary alicyclic amines) is 1. The lowest BCUT2D eigenvalue weighted by molar-refractivity contribution is -0.120. The topological polar surface area (TPSA) is 70.6 Å². The average Bonchev–Trinajstić information content (AvgIpc) is 2.80. The Morgan fingerprint density at radius 2 is 1.90 bits per heavy atom. The van der Waals surface area contributed by atoms with Crippen molar-refractivity contribution in [3.63, 3.8) is 0 Å². The number of methoxy groups -OCH3 is 1. The number of ether oxygens (including phenoxy) is 1. The summed E-state index contributed by atoms with van der Waals surface area (Å²) in [6.45, 7) is 7.21. The molecule has 1 aromatic heterocycles. The third-order valence-electron chi connectivity index (χ3n) is 6.34. The van der Waals surface area contributed by atoms with Crippen molar-refractivity contribution in [3.8, 4) is 5.88 Å². The Morgan fingerprint density at radius 1 is 1.13 bits per heavy atom. The number of anilines is 2. The second-order valence-electron chi connectivity index (χ2n) is 8.83. The quantitative estimate of drug-likeness (QED) is 0.766. The monoisotopic (exact) mass is 423 g/mol. The summed E-state index contributed by atoms with van der Waals surface area (Å²) in [5, 5.41) is 3.10. The van der Waals surface area contributed by atoms with E-state index in [4.69, 9.17) is 4.74 Å². The molecule has 2 saturated heterocycles. The predicted octanol–water partition coefficient (Wildman–Crippen LogP) is 3.57. The summed E-state index contributed by atoms with van der Waals surface area (Å²) in [6, 6.07) is 10.1. The fourth-order valence-electron chi connectivity index (χ4n) is 4.57. The van der Waals surface area contributed by atoms with Gasteiger partial charge in [-0.3, -0.25) is 9.69 Å². The average molecular weight is 424 g/mol. The third-order valence-corrected chi connectivity index (χ3v) is 6.34. The molecule has 0 bridgehead atoms. The van der Waals surface area contributed by atoms with Crippen LogP contribution in [-0.4, -0.2) is 54.1 Å². The molecule has 2 aliphatic rings. The van der Waals surface area contributed by atoms with E-state index in [1.54, 1.807) is 19.4 Å². The van der Waals surface area contributed by atoms with Crippen LogP contribution >= 0.6 is 0 Å². The highest BCUT2D eigenvalue weighted by molar-refractivity contribution is 5.92. The Hall–Kier alpha value is -2.67. The van der Waals surface area contributed by atoms with Crippen molar-refractivity contribution in [2.45, 2.75) is 39.2 Å². The molecule has 0 saturated carbocycles. The minimum Gasteiger partial charge on any atom is -0.481 e. The molecule has 0 spiro atoms. The summed E-state index contributed by atoms with van der Waals surface area (Å²) in [5.74, 6) is 2.12. The second-order valence-corrected chi connectivity index (χ2v) is 8.83. The molecule has 1 amide bonds. The van der Waals surface area contributed by atoms with Crippen LogP contribution in [-0.2, 0) is 11.3 Å². The number of nitrogens with zero attached hydrogens (tertiary/aromatic N) is 4. The number of amides is 1. The van der Waals surface area contributed by atoms with Crippen LogP contribution in [0.3, 0.4) is 0 Å². The number of carbonyl (C=O) groups excluding carboxylic acids is 1. The maximum Gasteiger partial charge on any atom is 0.228 e. The van der Waals surface area contributed by atoms with Gasteiger partial charge < -0.3 is 15.0 Å². The molecule has 2 aliphatic heterocycles. The first-order chi connectivity index (χ1) is 15.1. The number of aromatic nitrogens is 2. The van der Waals surface area contributed by atoms with Crippen molar-refractivity contribution in [3.05, 3.63) is 42.1 Å². The molecular weight excluding hydrogens is 390 g/mol. The molecule has 3 heterocycles. The van der Waals surface area contributed by atoms with Crippen LogP contribution < -0.4 is 15.0 Å². The van der Waals surface area contributed by atoms with Gasteiger partial charge in [0.05, 0.1) is 7.11 Å². The molecule has 1 unspecified atom stereocenters. The van der Waals surface area contributed by atoms with Crippen LogP contribution in [0.2, 0.25) is 0 Å². The molecule has 166 valence electrons. The molecule has 1 atom stereocenters. The number of hydrogen-bond donors (Lipinski definition) is 1. The van der Waals surface area contributed by atoms with Gasteiger partial charge in [0.15, 0.2) is 0 Å². The smallest absolute Gasteiger partial charge is 0.228 e. The third kappa shape index (κ3) is 5.73. The fraction of sp³-hybridized carbons (Fsp3) is 0.542. The van der Waals surface area contributed by atoms with E-state index in [0.29, 0.717) is 11.8 Å². The molecule has 4 rings (SSSR count). The lowest BCUT2D eigenvalue weighted by Gasteiger charge is -2.31. The van der Waals surface area contributed by atoms with Gasteiger partial charge in [-0.15, -0.1) is 0 Å². The Morgan fingerprint density at radius 3 is 2.61 bits per heavy atom. The van der Waals surface area contributed by atoms with Crippen molar-refractivity contribution in [2.24, 2.45) is 11.8 Å².